The Morgan fingerprint density at radius 2 is 2.00 bits per heavy atom. The molecular weight excluding hydrogens is 417 g/mol. The van der Waals surface area contributed by atoms with Gasteiger partial charge >= 0.3 is 0 Å². The van der Waals surface area contributed by atoms with Crippen LogP contribution in [0.1, 0.15) is 29.4 Å². The van der Waals surface area contributed by atoms with Crippen LogP contribution in [0.5, 0.6) is 0 Å². The second-order valence-corrected chi connectivity index (χ2v) is 5.67. The number of aryl methyl sites for hydroxylation is 3. The lowest BCUT2D eigenvalue weighted by Crippen LogP contribution is -2.38. The molecule has 0 saturated carbocycles. The summed E-state index contributed by atoms with van der Waals surface area (Å²) in [5.74, 6) is 0.832. The highest BCUT2D eigenvalue weighted by Gasteiger charge is 2.09. The van der Waals surface area contributed by atoms with E-state index in [-0.39, 0.29) is 24.0 Å². The van der Waals surface area contributed by atoms with Crippen LogP contribution in [0, 0.1) is 13.8 Å². The predicted molar refractivity (Wildman–Crippen MR) is 108 cm³/mol. The van der Waals surface area contributed by atoms with Gasteiger partial charge in [0.2, 0.25) is 0 Å². The van der Waals surface area contributed by atoms with Crippen molar-refractivity contribution >= 4 is 29.9 Å². The Morgan fingerprint density at radius 1 is 1.25 bits per heavy atom. The van der Waals surface area contributed by atoms with Crippen molar-refractivity contribution in [1.82, 2.24) is 30.2 Å². The van der Waals surface area contributed by atoms with Gasteiger partial charge in [0.1, 0.15) is 0 Å². The van der Waals surface area contributed by atoms with Gasteiger partial charge in [-0.25, -0.2) is 4.99 Å². The molecule has 0 spiro atoms. The SMILES string of the molecule is CCNC(=NCc1c(C)nn(C)c1C)NCCc1cnn(C)c1.I. The van der Waals surface area contributed by atoms with E-state index in [1.54, 1.807) is 0 Å². The Morgan fingerprint density at radius 3 is 2.54 bits per heavy atom. The van der Waals surface area contributed by atoms with Gasteiger partial charge in [0.05, 0.1) is 18.4 Å². The monoisotopic (exact) mass is 445 g/mol. The molecule has 2 rings (SSSR count). The number of halogens is 1. The van der Waals surface area contributed by atoms with Gasteiger partial charge in [-0.3, -0.25) is 9.36 Å². The number of guanidine groups is 1. The predicted octanol–water partition coefficient (Wildman–Crippen LogP) is 1.69. The summed E-state index contributed by atoms with van der Waals surface area (Å²) < 4.78 is 3.73. The molecule has 2 heterocycles. The molecule has 7 nitrogen and oxygen atoms in total. The van der Waals surface area contributed by atoms with Crippen LogP contribution >= 0.6 is 24.0 Å². The Balaban J connectivity index is 0.00000288. The molecule has 0 aliphatic rings. The minimum Gasteiger partial charge on any atom is -0.357 e. The standard InChI is InChI=1S/C16H27N7.HI/c1-6-17-16(18-8-7-14-9-20-22(4)11-14)19-10-15-12(2)21-23(5)13(15)3;/h9,11H,6-8,10H2,1-5H3,(H2,17,18,19);1H. The third-order valence-electron chi connectivity index (χ3n) is 3.86. The molecule has 0 unspecified atom stereocenters. The molecule has 0 aliphatic heterocycles. The summed E-state index contributed by atoms with van der Waals surface area (Å²) >= 11 is 0. The van der Waals surface area contributed by atoms with Gasteiger partial charge in [-0.1, -0.05) is 0 Å². The number of aliphatic imine (C=N–C) groups is 1. The number of nitrogens with zero attached hydrogens (tertiary/aromatic N) is 5. The Labute approximate surface area is 160 Å². The summed E-state index contributed by atoms with van der Waals surface area (Å²) in [6.07, 6.45) is 4.85. The molecule has 0 amide bonds. The molecule has 2 N–H and O–H groups in total. The molecule has 2 aromatic heterocycles. The molecule has 0 saturated heterocycles. The van der Waals surface area contributed by atoms with Crippen LogP contribution in [0.25, 0.3) is 0 Å². The smallest absolute Gasteiger partial charge is 0.191 e. The largest absolute Gasteiger partial charge is 0.357 e. The minimum absolute atomic E-state index is 0. The normalized spacial score (nSPS) is 11.3. The van der Waals surface area contributed by atoms with Gasteiger partial charge in [-0.2, -0.15) is 10.2 Å². The fourth-order valence-corrected chi connectivity index (χ4v) is 2.47. The zero-order valence-corrected chi connectivity index (χ0v) is 17.5. The average molecular weight is 445 g/mol. The van der Waals surface area contributed by atoms with Crippen molar-refractivity contribution < 1.29 is 0 Å². The molecule has 0 aliphatic carbocycles. The first-order valence-corrected chi connectivity index (χ1v) is 8.00. The van der Waals surface area contributed by atoms with E-state index in [4.69, 9.17) is 0 Å². The van der Waals surface area contributed by atoms with E-state index in [9.17, 15) is 0 Å². The van der Waals surface area contributed by atoms with E-state index >= 15 is 0 Å². The summed E-state index contributed by atoms with van der Waals surface area (Å²) in [6, 6.07) is 0. The van der Waals surface area contributed by atoms with E-state index in [0.717, 1.165) is 36.9 Å². The molecule has 0 bridgehead atoms. The van der Waals surface area contributed by atoms with E-state index < -0.39 is 0 Å². The third-order valence-corrected chi connectivity index (χ3v) is 3.86. The Bertz CT molecular complexity index is 672. The lowest BCUT2D eigenvalue weighted by Gasteiger charge is -2.11. The molecular formula is C16H28IN7. The van der Waals surface area contributed by atoms with Gasteiger partial charge in [0.25, 0.3) is 0 Å². The fraction of sp³-hybridized carbons (Fsp3) is 0.562. The van der Waals surface area contributed by atoms with Crippen LogP contribution in [0.4, 0.5) is 0 Å². The van der Waals surface area contributed by atoms with Crippen molar-refractivity contribution in [1.29, 1.82) is 0 Å². The lowest BCUT2D eigenvalue weighted by atomic mass is 10.2. The second-order valence-electron chi connectivity index (χ2n) is 5.67. The van der Waals surface area contributed by atoms with Crippen LogP contribution in [0.15, 0.2) is 17.4 Å². The van der Waals surface area contributed by atoms with Gasteiger partial charge in [-0.15, -0.1) is 24.0 Å². The average Bonchev–Trinajstić information content (AvgIpc) is 3.01. The summed E-state index contributed by atoms with van der Waals surface area (Å²) in [7, 11) is 3.90. The highest BCUT2D eigenvalue weighted by Crippen LogP contribution is 2.12. The third kappa shape index (κ3) is 5.50. The maximum atomic E-state index is 4.68. The number of nitrogens with one attached hydrogen (secondary N) is 2. The van der Waals surface area contributed by atoms with Crippen molar-refractivity contribution in [2.45, 2.75) is 33.7 Å². The minimum atomic E-state index is 0. The van der Waals surface area contributed by atoms with E-state index in [1.807, 2.05) is 42.8 Å². The summed E-state index contributed by atoms with van der Waals surface area (Å²) in [5.41, 5.74) is 4.61. The molecule has 134 valence electrons. The van der Waals surface area contributed by atoms with Crippen molar-refractivity contribution in [3.63, 3.8) is 0 Å². The van der Waals surface area contributed by atoms with Crippen molar-refractivity contribution in [3.8, 4) is 0 Å². The molecule has 0 radical (unpaired) electrons. The first-order valence-electron chi connectivity index (χ1n) is 8.00. The van der Waals surface area contributed by atoms with Crippen molar-refractivity contribution in [2.75, 3.05) is 13.1 Å². The second kappa shape index (κ2) is 9.65. The van der Waals surface area contributed by atoms with Gasteiger partial charge in [0.15, 0.2) is 5.96 Å². The van der Waals surface area contributed by atoms with E-state index in [0.29, 0.717) is 6.54 Å². The molecule has 0 atom stereocenters. The molecule has 0 aromatic carbocycles. The van der Waals surface area contributed by atoms with Crippen LogP contribution in [-0.2, 0) is 27.1 Å². The maximum Gasteiger partial charge on any atom is 0.191 e. The highest BCUT2D eigenvalue weighted by atomic mass is 127. The van der Waals surface area contributed by atoms with Gasteiger partial charge in [0, 0.05) is 44.6 Å². The quantitative estimate of drug-likeness (QED) is 0.403. The number of rotatable bonds is 6. The van der Waals surface area contributed by atoms with Crippen molar-refractivity contribution in [2.24, 2.45) is 19.1 Å². The Hall–Kier alpha value is -1.58. The van der Waals surface area contributed by atoms with Gasteiger partial charge in [-0.05, 0) is 32.8 Å². The highest BCUT2D eigenvalue weighted by molar-refractivity contribution is 14.0. The van der Waals surface area contributed by atoms with E-state index in [2.05, 4.69) is 39.7 Å². The van der Waals surface area contributed by atoms with Gasteiger partial charge < -0.3 is 10.6 Å². The van der Waals surface area contributed by atoms with Crippen LogP contribution in [0.2, 0.25) is 0 Å². The molecule has 24 heavy (non-hydrogen) atoms. The Kier molecular flexibility index (Phi) is 8.23. The zero-order chi connectivity index (χ0) is 16.8. The van der Waals surface area contributed by atoms with Crippen molar-refractivity contribution in [3.05, 3.63) is 34.9 Å². The molecule has 2 aromatic rings. The topological polar surface area (TPSA) is 72.1 Å². The summed E-state index contributed by atoms with van der Waals surface area (Å²) in [5, 5.41) is 15.3. The first kappa shape index (κ1) is 20.5. The maximum absolute atomic E-state index is 4.68. The van der Waals surface area contributed by atoms with Crippen LogP contribution < -0.4 is 10.6 Å². The zero-order valence-electron chi connectivity index (χ0n) is 15.1. The number of hydrogen-bond donors (Lipinski definition) is 2. The summed E-state index contributed by atoms with van der Waals surface area (Å²) in [6.45, 7) is 8.47. The summed E-state index contributed by atoms with van der Waals surface area (Å²) in [4.78, 5) is 4.68. The lowest BCUT2D eigenvalue weighted by molar-refractivity contribution is 0.730. The number of hydrogen-bond acceptors (Lipinski definition) is 3. The van der Waals surface area contributed by atoms with Crippen LogP contribution in [0.3, 0.4) is 0 Å². The van der Waals surface area contributed by atoms with Crippen LogP contribution in [-0.4, -0.2) is 38.6 Å². The molecule has 8 heteroatoms. The molecule has 0 fully saturated rings. The fourth-order valence-electron chi connectivity index (χ4n) is 2.47. The first-order chi connectivity index (χ1) is 11.0. The number of aromatic nitrogens is 4. The van der Waals surface area contributed by atoms with E-state index in [1.165, 1.54) is 11.1 Å².